The van der Waals surface area contributed by atoms with Gasteiger partial charge in [0.15, 0.2) is 0 Å². The first kappa shape index (κ1) is 16.1. The third-order valence-corrected chi connectivity index (χ3v) is 2.96. The van der Waals surface area contributed by atoms with Crippen LogP contribution >= 0.6 is 0 Å². The summed E-state index contributed by atoms with van der Waals surface area (Å²) in [6, 6.07) is 5.12. The minimum Gasteiger partial charge on any atom is -0.338 e. The molecule has 0 aromatic heterocycles. The molecule has 1 aromatic rings. The highest BCUT2D eigenvalue weighted by Gasteiger charge is 2.19. The van der Waals surface area contributed by atoms with Crippen LogP contribution in [0.3, 0.4) is 0 Å². The van der Waals surface area contributed by atoms with Crippen molar-refractivity contribution in [3.63, 3.8) is 0 Å². The molecule has 6 heteroatoms. The molecule has 110 valence electrons. The predicted octanol–water partition coefficient (Wildman–Crippen LogP) is 1.49. The fourth-order valence-electron chi connectivity index (χ4n) is 1.64. The number of carbonyl (C=O) groups is 2. The Balaban J connectivity index is 2.53. The highest BCUT2D eigenvalue weighted by molar-refractivity contribution is 5.96. The van der Waals surface area contributed by atoms with Gasteiger partial charge >= 0.3 is 6.03 Å². The molecule has 0 aliphatic heterocycles. The van der Waals surface area contributed by atoms with Crippen LogP contribution in [0.5, 0.6) is 0 Å². The average molecular weight is 281 g/mol. The topological polar surface area (TPSA) is 61.4 Å². The van der Waals surface area contributed by atoms with Crippen molar-refractivity contribution in [3.8, 4) is 0 Å². The maximum atomic E-state index is 12.8. The van der Waals surface area contributed by atoms with E-state index in [1.807, 2.05) is 0 Å². The number of hydrogen-bond donors (Lipinski definition) is 2. The Morgan fingerprint density at radius 2 is 1.90 bits per heavy atom. The molecule has 0 heterocycles. The molecule has 0 bridgehead atoms. The summed E-state index contributed by atoms with van der Waals surface area (Å²) < 4.78 is 12.8. The number of amides is 3. The maximum Gasteiger partial charge on any atom is 0.321 e. The van der Waals surface area contributed by atoms with E-state index >= 15 is 0 Å². The van der Waals surface area contributed by atoms with Crippen molar-refractivity contribution in [2.24, 2.45) is 0 Å². The van der Waals surface area contributed by atoms with Gasteiger partial charge in [0.1, 0.15) is 5.82 Å². The van der Waals surface area contributed by atoms with Crippen LogP contribution in [0.4, 0.5) is 9.18 Å². The van der Waals surface area contributed by atoms with E-state index in [4.69, 9.17) is 0 Å². The fraction of sp³-hybridized carbons (Fsp3) is 0.429. The number of likely N-dealkylation sites (N-methyl/N-ethyl adjacent to an activating group) is 1. The first-order valence-corrected chi connectivity index (χ1v) is 6.47. The zero-order valence-electron chi connectivity index (χ0n) is 11.9. The summed E-state index contributed by atoms with van der Waals surface area (Å²) in [4.78, 5) is 24.9. The minimum atomic E-state index is -0.500. The largest absolute Gasteiger partial charge is 0.338 e. The first-order chi connectivity index (χ1) is 9.43. The van der Waals surface area contributed by atoms with Gasteiger partial charge < -0.3 is 5.32 Å². The standard InChI is InChI=1S/C14H20FN3O2/c1-4-16-14(20)17-13(19)10(2)18(3)9-11-5-7-12(15)8-6-11/h5-8,10H,4,9H2,1-3H3,(H2,16,17,19,20). The molecule has 0 spiro atoms. The highest BCUT2D eigenvalue weighted by Crippen LogP contribution is 2.08. The second-order valence-electron chi connectivity index (χ2n) is 4.57. The Morgan fingerprint density at radius 1 is 1.30 bits per heavy atom. The van der Waals surface area contributed by atoms with E-state index in [-0.39, 0.29) is 11.7 Å². The Hall–Kier alpha value is -1.95. The van der Waals surface area contributed by atoms with E-state index in [9.17, 15) is 14.0 Å². The lowest BCUT2D eigenvalue weighted by Crippen LogP contribution is -2.48. The first-order valence-electron chi connectivity index (χ1n) is 6.47. The van der Waals surface area contributed by atoms with Crippen molar-refractivity contribution in [2.75, 3.05) is 13.6 Å². The third-order valence-electron chi connectivity index (χ3n) is 2.96. The number of carbonyl (C=O) groups excluding carboxylic acids is 2. The van der Waals surface area contributed by atoms with Gasteiger partial charge in [0.25, 0.3) is 0 Å². The molecule has 1 unspecified atom stereocenters. The lowest BCUT2D eigenvalue weighted by atomic mass is 10.2. The lowest BCUT2D eigenvalue weighted by molar-refractivity contribution is -0.124. The van der Waals surface area contributed by atoms with Crippen molar-refractivity contribution in [2.45, 2.75) is 26.4 Å². The predicted molar refractivity (Wildman–Crippen MR) is 74.5 cm³/mol. The van der Waals surface area contributed by atoms with E-state index in [0.29, 0.717) is 13.1 Å². The Bertz CT molecular complexity index is 462. The number of benzene rings is 1. The summed E-state index contributed by atoms with van der Waals surface area (Å²) in [6.07, 6.45) is 0. The molecule has 2 N–H and O–H groups in total. The summed E-state index contributed by atoms with van der Waals surface area (Å²) in [7, 11) is 1.77. The molecule has 0 aliphatic rings. The maximum absolute atomic E-state index is 12.8. The van der Waals surface area contributed by atoms with E-state index in [1.54, 1.807) is 37.9 Å². The Kier molecular flexibility index (Phi) is 6.11. The van der Waals surface area contributed by atoms with Gasteiger partial charge in [0.2, 0.25) is 5.91 Å². The van der Waals surface area contributed by atoms with Crippen LogP contribution in [0.2, 0.25) is 0 Å². The van der Waals surface area contributed by atoms with Crippen LogP contribution < -0.4 is 10.6 Å². The molecular weight excluding hydrogens is 261 g/mol. The summed E-state index contributed by atoms with van der Waals surface area (Å²) in [5, 5.41) is 4.76. The monoisotopic (exact) mass is 281 g/mol. The number of halogens is 1. The lowest BCUT2D eigenvalue weighted by Gasteiger charge is -2.23. The van der Waals surface area contributed by atoms with Gasteiger partial charge in [-0.05, 0) is 38.6 Å². The molecule has 0 saturated carbocycles. The van der Waals surface area contributed by atoms with E-state index in [1.165, 1.54) is 12.1 Å². The average Bonchev–Trinajstić information content (AvgIpc) is 2.40. The number of nitrogens with one attached hydrogen (secondary N) is 2. The SMILES string of the molecule is CCNC(=O)NC(=O)C(C)N(C)Cc1ccc(F)cc1. The molecule has 0 aliphatic carbocycles. The van der Waals surface area contributed by atoms with Crippen molar-refractivity contribution in [1.29, 1.82) is 0 Å². The molecule has 0 saturated heterocycles. The molecule has 1 aromatic carbocycles. The molecule has 3 amide bonds. The molecule has 1 atom stereocenters. The van der Waals surface area contributed by atoms with Gasteiger partial charge in [0, 0.05) is 13.1 Å². The molecule has 5 nitrogen and oxygen atoms in total. The van der Waals surface area contributed by atoms with Crippen molar-refractivity contribution in [1.82, 2.24) is 15.5 Å². The van der Waals surface area contributed by atoms with Crippen LogP contribution in [-0.2, 0) is 11.3 Å². The van der Waals surface area contributed by atoms with Gasteiger partial charge in [-0.15, -0.1) is 0 Å². The van der Waals surface area contributed by atoms with Crippen LogP contribution in [0, 0.1) is 5.82 Å². The van der Waals surface area contributed by atoms with Gasteiger partial charge in [-0.1, -0.05) is 12.1 Å². The van der Waals surface area contributed by atoms with Crippen molar-refractivity contribution in [3.05, 3.63) is 35.6 Å². The van der Waals surface area contributed by atoms with Gasteiger partial charge in [-0.25, -0.2) is 9.18 Å². The van der Waals surface area contributed by atoms with Crippen LogP contribution in [0.15, 0.2) is 24.3 Å². The zero-order valence-corrected chi connectivity index (χ0v) is 11.9. The molecular formula is C14H20FN3O2. The second kappa shape index (κ2) is 7.59. The van der Waals surface area contributed by atoms with E-state index in [0.717, 1.165) is 5.56 Å². The Labute approximate surface area is 118 Å². The van der Waals surface area contributed by atoms with E-state index < -0.39 is 12.1 Å². The summed E-state index contributed by atoms with van der Waals surface area (Å²) in [5.74, 6) is -0.668. The molecule has 0 radical (unpaired) electrons. The molecule has 0 fully saturated rings. The van der Waals surface area contributed by atoms with E-state index in [2.05, 4.69) is 10.6 Å². The van der Waals surface area contributed by atoms with Gasteiger partial charge in [-0.2, -0.15) is 0 Å². The van der Waals surface area contributed by atoms with Crippen molar-refractivity contribution >= 4 is 11.9 Å². The summed E-state index contributed by atoms with van der Waals surface area (Å²) in [5.41, 5.74) is 0.895. The number of urea groups is 1. The van der Waals surface area contributed by atoms with Crippen LogP contribution in [0.1, 0.15) is 19.4 Å². The number of nitrogens with zero attached hydrogens (tertiary/aromatic N) is 1. The second-order valence-corrected chi connectivity index (χ2v) is 4.57. The Morgan fingerprint density at radius 3 is 2.45 bits per heavy atom. The summed E-state index contributed by atoms with van der Waals surface area (Å²) in [6.45, 7) is 4.43. The normalized spacial score (nSPS) is 12.1. The van der Waals surface area contributed by atoms with Gasteiger partial charge in [0.05, 0.1) is 6.04 Å². The smallest absolute Gasteiger partial charge is 0.321 e. The number of imide groups is 1. The van der Waals surface area contributed by atoms with Gasteiger partial charge in [-0.3, -0.25) is 15.0 Å². The quantitative estimate of drug-likeness (QED) is 0.859. The fourth-order valence-corrected chi connectivity index (χ4v) is 1.64. The highest BCUT2D eigenvalue weighted by atomic mass is 19.1. The molecule has 1 rings (SSSR count). The summed E-state index contributed by atoms with van der Waals surface area (Å²) >= 11 is 0. The van der Waals surface area contributed by atoms with Crippen LogP contribution in [0.25, 0.3) is 0 Å². The van der Waals surface area contributed by atoms with Crippen molar-refractivity contribution < 1.29 is 14.0 Å². The number of rotatable bonds is 5. The number of hydrogen-bond acceptors (Lipinski definition) is 3. The minimum absolute atomic E-state index is 0.293. The van der Waals surface area contributed by atoms with Crippen LogP contribution in [-0.4, -0.2) is 36.5 Å². The molecule has 20 heavy (non-hydrogen) atoms. The zero-order chi connectivity index (χ0) is 15.1. The third kappa shape index (κ3) is 4.97.